The molecule has 0 spiro atoms. The van der Waals surface area contributed by atoms with E-state index in [1.807, 2.05) is 60.8 Å². The Morgan fingerprint density at radius 1 is 1.19 bits per heavy atom. The van der Waals surface area contributed by atoms with E-state index in [1.165, 1.54) is 11.3 Å². The van der Waals surface area contributed by atoms with Crippen molar-refractivity contribution in [3.05, 3.63) is 81.5 Å². The van der Waals surface area contributed by atoms with E-state index in [4.69, 9.17) is 4.74 Å². The van der Waals surface area contributed by atoms with Crippen molar-refractivity contribution in [1.29, 1.82) is 5.26 Å². The second-order valence-corrected chi connectivity index (χ2v) is 8.21. The van der Waals surface area contributed by atoms with Gasteiger partial charge in [-0.2, -0.15) is 5.26 Å². The molecule has 0 saturated carbocycles. The fourth-order valence-electron chi connectivity index (χ4n) is 3.68. The van der Waals surface area contributed by atoms with Gasteiger partial charge in [0.15, 0.2) is 0 Å². The van der Waals surface area contributed by atoms with Crippen LogP contribution in [0.4, 0.5) is 5.00 Å². The molecule has 0 radical (unpaired) electrons. The van der Waals surface area contributed by atoms with Gasteiger partial charge in [-0.3, -0.25) is 9.59 Å². The molecule has 0 aliphatic heterocycles. The zero-order chi connectivity index (χ0) is 22.7. The predicted molar refractivity (Wildman–Crippen MR) is 127 cm³/mol. The van der Waals surface area contributed by atoms with Gasteiger partial charge in [-0.05, 0) is 36.2 Å². The Kier molecular flexibility index (Phi) is 6.06. The Hall–Kier alpha value is -3.89. The highest BCUT2D eigenvalue weighted by Crippen LogP contribution is 2.35. The summed E-state index contributed by atoms with van der Waals surface area (Å²) in [5, 5.41) is 15.9. The summed E-state index contributed by atoms with van der Waals surface area (Å²) in [5.74, 6) is 0.482. The summed E-state index contributed by atoms with van der Waals surface area (Å²) < 4.78 is 6.80. The maximum absolute atomic E-state index is 12.7. The lowest BCUT2D eigenvalue weighted by Gasteiger charge is -2.12. The summed E-state index contributed by atoms with van der Waals surface area (Å²) >= 11 is 1.31. The van der Waals surface area contributed by atoms with Crippen LogP contribution in [-0.2, 0) is 11.3 Å². The zero-order valence-corrected chi connectivity index (χ0v) is 18.5. The summed E-state index contributed by atoms with van der Waals surface area (Å²) in [6, 6.07) is 18.9. The minimum Gasteiger partial charge on any atom is -0.497 e. The van der Waals surface area contributed by atoms with Crippen molar-refractivity contribution in [1.82, 2.24) is 4.57 Å². The number of anilines is 1. The molecule has 0 atom stereocenters. The minimum atomic E-state index is -0.249. The van der Waals surface area contributed by atoms with E-state index >= 15 is 0 Å². The first-order valence-corrected chi connectivity index (χ1v) is 10.9. The van der Waals surface area contributed by atoms with E-state index in [9.17, 15) is 14.9 Å². The first-order chi connectivity index (χ1) is 15.5. The van der Waals surface area contributed by atoms with Crippen LogP contribution >= 0.6 is 11.3 Å². The van der Waals surface area contributed by atoms with Gasteiger partial charge in [-0.1, -0.05) is 30.3 Å². The van der Waals surface area contributed by atoms with E-state index < -0.39 is 0 Å². The number of nitrogens with zero attached hydrogens (tertiary/aromatic N) is 2. The van der Waals surface area contributed by atoms with Gasteiger partial charge in [0.1, 0.15) is 16.8 Å². The number of carbonyl (C=O) groups is 1. The molecule has 0 fully saturated rings. The van der Waals surface area contributed by atoms with E-state index in [1.54, 1.807) is 17.7 Å². The highest BCUT2D eigenvalue weighted by Gasteiger charge is 2.16. The molecular weight excluding hydrogens is 422 g/mol. The Morgan fingerprint density at radius 2 is 1.94 bits per heavy atom. The largest absolute Gasteiger partial charge is 0.497 e. The van der Waals surface area contributed by atoms with Crippen LogP contribution in [0.5, 0.6) is 5.75 Å². The van der Waals surface area contributed by atoms with Gasteiger partial charge >= 0.3 is 0 Å². The van der Waals surface area contributed by atoms with Gasteiger partial charge in [0.05, 0.1) is 18.2 Å². The standard InChI is InChI=1S/C25H21N3O3S/c1-16-13-24(30)28(22-6-4-3-5-19(16)22)12-11-23(29)27-25-20(14-26)21(15-32-25)17-7-9-18(31-2)10-8-17/h3-10,13,15H,11-12H2,1-2H3,(H,27,29). The summed E-state index contributed by atoms with van der Waals surface area (Å²) in [6.45, 7) is 2.16. The maximum Gasteiger partial charge on any atom is 0.251 e. The van der Waals surface area contributed by atoms with Gasteiger partial charge in [-0.25, -0.2) is 0 Å². The number of hydrogen-bond acceptors (Lipinski definition) is 5. The molecule has 2 aromatic heterocycles. The molecule has 2 aromatic carbocycles. The summed E-state index contributed by atoms with van der Waals surface area (Å²) in [5.41, 5.74) is 3.64. The van der Waals surface area contributed by atoms with E-state index in [2.05, 4.69) is 11.4 Å². The smallest absolute Gasteiger partial charge is 0.251 e. The second-order valence-electron chi connectivity index (χ2n) is 7.33. The number of methoxy groups -OCH3 is 1. The average molecular weight is 444 g/mol. The number of nitrogens with one attached hydrogen (secondary N) is 1. The van der Waals surface area contributed by atoms with Crippen molar-refractivity contribution >= 4 is 33.1 Å². The molecule has 2 heterocycles. The molecule has 0 aliphatic carbocycles. The number of fused-ring (bicyclic) bond motifs is 1. The number of para-hydroxylation sites is 1. The summed E-state index contributed by atoms with van der Waals surface area (Å²) in [7, 11) is 1.60. The van der Waals surface area contributed by atoms with Crippen LogP contribution in [0.2, 0.25) is 0 Å². The van der Waals surface area contributed by atoms with Crippen molar-refractivity contribution in [3.63, 3.8) is 0 Å². The molecule has 0 bridgehead atoms. The van der Waals surface area contributed by atoms with Crippen LogP contribution in [0.3, 0.4) is 0 Å². The number of pyridine rings is 1. The lowest BCUT2D eigenvalue weighted by atomic mass is 10.0. The number of aryl methyl sites for hydroxylation is 2. The number of carbonyl (C=O) groups excluding carboxylic acids is 1. The molecule has 7 heteroatoms. The molecule has 4 aromatic rings. The summed E-state index contributed by atoms with van der Waals surface area (Å²) in [4.78, 5) is 25.2. The fourth-order valence-corrected chi connectivity index (χ4v) is 4.61. The van der Waals surface area contributed by atoms with Crippen molar-refractivity contribution in [2.75, 3.05) is 12.4 Å². The lowest BCUT2D eigenvalue weighted by Crippen LogP contribution is -2.23. The van der Waals surface area contributed by atoms with Crippen LogP contribution in [-0.4, -0.2) is 17.6 Å². The van der Waals surface area contributed by atoms with Crippen LogP contribution in [0.15, 0.2) is 64.8 Å². The molecule has 32 heavy (non-hydrogen) atoms. The number of amides is 1. The number of benzene rings is 2. The molecule has 1 amide bonds. The Labute approximate surface area is 189 Å². The van der Waals surface area contributed by atoms with Crippen molar-refractivity contribution in [2.45, 2.75) is 19.9 Å². The molecule has 160 valence electrons. The molecular formula is C25H21N3O3S. The topological polar surface area (TPSA) is 84.1 Å². The van der Waals surface area contributed by atoms with Crippen molar-refractivity contribution < 1.29 is 9.53 Å². The predicted octanol–water partition coefficient (Wildman–Crippen LogP) is 4.95. The highest BCUT2D eigenvalue weighted by molar-refractivity contribution is 7.15. The van der Waals surface area contributed by atoms with Crippen LogP contribution < -0.4 is 15.6 Å². The maximum atomic E-state index is 12.7. The second kappa shape index (κ2) is 9.08. The van der Waals surface area contributed by atoms with Crippen molar-refractivity contribution in [3.8, 4) is 22.9 Å². The van der Waals surface area contributed by atoms with E-state index in [-0.39, 0.29) is 24.4 Å². The highest BCUT2D eigenvalue weighted by atomic mass is 32.1. The van der Waals surface area contributed by atoms with Crippen LogP contribution in [0, 0.1) is 18.3 Å². The normalized spacial score (nSPS) is 10.7. The number of hydrogen-bond donors (Lipinski definition) is 1. The van der Waals surface area contributed by atoms with Gasteiger partial charge in [-0.15, -0.1) is 11.3 Å². The van der Waals surface area contributed by atoms with E-state index in [0.717, 1.165) is 33.3 Å². The third kappa shape index (κ3) is 4.13. The average Bonchev–Trinajstić information content (AvgIpc) is 3.21. The van der Waals surface area contributed by atoms with Crippen LogP contribution in [0.1, 0.15) is 17.5 Å². The first kappa shape index (κ1) is 21.3. The minimum absolute atomic E-state index is 0.119. The molecule has 0 saturated heterocycles. The molecule has 1 N–H and O–H groups in total. The third-order valence-electron chi connectivity index (χ3n) is 5.34. The number of nitriles is 1. The lowest BCUT2D eigenvalue weighted by molar-refractivity contribution is -0.116. The van der Waals surface area contributed by atoms with Crippen molar-refractivity contribution in [2.24, 2.45) is 0 Å². The van der Waals surface area contributed by atoms with Gasteiger partial charge in [0, 0.05) is 35.4 Å². The Morgan fingerprint density at radius 3 is 2.66 bits per heavy atom. The number of ether oxygens (including phenoxy) is 1. The number of thiophene rings is 1. The molecule has 0 aliphatic rings. The van der Waals surface area contributed by atoms with Gasteiger partial charge in [0.2, 0.25) is 5.91 Å². The molecule has 0 unspecified atom stereocenters. The van der Waals surface area contributed by atoms with Gasteiger partial charge in [0.25, 0.3) is 5.56 Å². The van der Waals surface area contributed by atoms with E-state index in [0.29, 0.717) is 10.6 Å². The Balaban J connectivity index is 1.52. The first-order valence-electron chi connectivity index (χ1n) is 10.1. The summed E-state index contributed by atoms with van der Waals surface area (Å²) in [6.07, 6.45) is 0.119. The third-order valence-corrected chi connectivity index (χ3v) is 6.24. The molecule has 4 rings (SSSR count). The molecule has 6 nitrogen and oxygen atoms in total. The van der Waals surface area contributed by atoms with Gasteiger partial charge < -0.3 is 14.6 Å². The Bertz CT molecular complexity index is 1390. The SMILES string of the molecule is COc1ccc(-c2csc(NC(=O)CCn3c(=O)cc(C)c4ccccc43)c2C#N)cc1. The quantitative estimate of drug-likeness (QED) is 0.457. The fraction of sp³-hybridized carbons (Fsp3) is 0.160. The van der Waals surface area contributed by atoms with Crippen LogP contribution in [0.25, 0.3) is 22.0 Å². The number of aromatic nitrogens is 1. The monoisotopic (exact) mass is 443 g/mol. The number of rotatable bonds is 6. The zero-order valence-electron chi connectivity index (χ0n) is 17.7.